The third kappa shape index (κ3) is 8.52. The van der Waals surface area contributed by atoms with Crippen molar-refractivity contribution in [2.75, 3.05) is 26.2 Å². The van der Waals surface area contributed by atoms with E-state index < -0.39 is 0 Å². The molecule has 2 amide bonds. The van der Waals surface area contributed by atoms with E-state index in [4.69, 9.17) is 4.74 Å². The van der Waals surface area contributed by atoms with Crippen LogP contribution in [0.15, 0.2) is 18.2 Å². The molecule has 0 radical (unpaired) electrons. The maximum Gasteiger partial charge on any atom is 0.251 e. The van der Waals surface area contributed by atoms with Crippen molar-refractivity contribution in [1.82, 2.24) is 15.5 Å². The summed E-state index contributed by atoms with van der Waals surface area (Å²) in [5.41, 5.74) is 1.52. The van der Waals surface area contributed by atoms with Crippen LogP contribution in [-0.2, 0) is 11.3 Å². The molecular weight excluding hydrogens is 390 g/mol. The smallest absolute Gasteiger partial charge is 0.251 e. The summed E-state index contributed by atoms with van der Waals surface area (Å²) < 4.78 is 6.14. The second kappa shape index (κ2) is 13.4. The summed E-state index contributed by atoms with van der Waals surface area (Å²) in [6.45, 7) is 11.5. The zero-order valence-electron chi connectivity index (χ0n) is 19.8. The minimum absolute atomic E-state index is 0.0458. The third-order valence-electron chi connectivity index (χ3n) is 5.87. The van der Waals surface area contributed by atoms with Crippen molar-refractivity contribution in [2.45, 2.75) is 78.8 Å². The van der Waals surface area contributed by atoms with Gasteiger partial charge in [-0.1, -0.05) is 33.8 Å². The highest BCUT2D eigenvalue weighted by Crippen LogP contribution is 2.26. The van der Waals surface area contributed by atoms with Crippen LogP contribution in [0.2, 0.25) is 0 Å². The fourth-order valence-corrected chi connectivity index (χ4v) is 3.78. The van der Waals surface area contributed by atoms with Crippen molar-refractivity contribution in [3.8, 4) is 5.75 Å². The van der Waals surface area contributed by atoms with Crippen LogP contribution in [0.1, 0.15) is 82.1 Å². The molecule has 1 heterocycles. The first-order chi connectivity index (χ1) is 14.9. The van der Waals surface area contributed by atoms with E-state index in [0.29, 0.717) is 37.7 Å². The Bertz CT molecular complexity index is 701. The van der Waals surface area contributed by atoms with Crippen LogP contribution in [0.5, 0.6) is 5.75 Å². The molecule has 0 aromatic heterocycles. The molecular formula is C25H41N3O3. The van der Waals surface area contributed by atoms with Crippen LogP contribution in [0.3, 0.4) is 0 Å². The summed E-state index contributed by atoms with van der Waals surface area (Å²) in [4.78, 5) is 27.8. The molecule has 2 N–H and O–H groups in total. The number of rotatable bonds is 7. The van der Waals surface area contributed by atoms with Crippen molar-refractivity contribution in [1.29, 1.82) is 0 Å². The Morgan fingerprint density at radius 3 is 2.65 bits per heavy atom. The van der Waals surface area contributed by atoms with Gasteiger partial charge in [0, 0.05) is 30.3 Å². The predicted molar refractivity (Wildman–Crippen MR) is 125 cm³/mol. The lowest BCUT2D eigenvalue weighted by molar-refractivity contribution is -0.122. The number of hydrogen-bond donors (Lipinski definition) is 2. The van der Waals surface area contributed by atoms with Gasteiger partial charge in [-0.15, -0.1) is 0 Å². The molecule has 0 fully saturated rings. The third-order valence-corrected chi connectivity index (χ3v) is 5.87. The second-order valence-electron chi connectivity index (χ2n) is 8.92. The van der Waals surface area contributed by atoms with Gasteiger partial charge in [-0.2, -0.15) is 0 Å². The molecule has 1 aromatic carbocycles. The van der Waals surface area contributed by atoms with Crippen LogP contribution in [0.4, 0.5) is 0 Å². The van der Waals surface area contributed by atoms with Gasteiger partial charge in [0.05, 0.1) is 13.2 Å². The predicted octanol–water partition coefficient (Wildman–Crippen LogP) is 4.13. The summed E-state index contributed by atoms with van der Waals surface area (Å²) >= 11 is 0. The van der Waals surface area contributed by atoms with E-state index in [1.807, 2.05) is 18.2 Å². The van der Waals surface area contributed by atoms with Gasteiger partial charge < -0.3 is 15.4 Å². The molecule has 1 aliphatic rings. The van der Waals surface area contributed by atoms with Crippen LogP contribution >= 0.6 is 0 Å². The topological polar surface area (TPSA) is 70.7 Å². The zero-order chi connectivity index (χ0) is 22.6. The van der Waals surface area contributed by atoms with Gasteiger partial charge in [0.15, 0.2) is 0 Å². The van der Waals surface area contributed by atoms with Crippen molar-refractivity contribution in [3.63, 3.8) is 0 Å². The minimum atomic E-state index is -0.0632. The van der Waals surface area contributed by atoms with Crippen LogP contribution in [0, 0.1) is 5.92 Å². The molecule has 31 heavy (non-hydrogen) atoms. The van der Waals surface area contributed by atoms with Crippen LogP contribution < -0.4 is 15.4 Å². The maximum atomic E-state index is 13.1. The molecule has 0 unspecified atom stereocenters. The largest absolute Gasteiger partial charge is 0.493 e. The number of fused-ring (bicyclic) bond motifs is 1. The molecule has 6 heteroatoms. The molecule has 174 valence electrons. The number of nitrogens with one attached hydrogen (secondary N) is 2. The minimum Gasteiger partial charge on any atom is -0.493 e. The molecule has 0 atom stereocenters. The first-order valence-electron chi connectivity index (χ1n) is 12.0. The molecule has 0 aliphatic carbocycles. The fraction of sp³-hybridized carbons (Fsp3) is 0.680. The van der Waals surface area contributed by atoms with Gasteiger partial charge in [0.2, 0.25) is 5.91 Å². The Morgan fingerprint density at radius 1 is 1.16 bits per heavy atom. The summed E-state index contributed by atoms with van der Waals surface area (Å²) in [5, 5.41) is 6.20. The van der Waals surface area contributed by atoms with E-state index in [0.717, 1.165) is 56.4 Å². The van der Waals surface area contributed by atoms with Crippen molar-refractivity contribution in [3.05, 3.63) is 29.3 Å². The summed E-state index contributed by atoms with van der Waals surface area (Å²) in [6.07, 6.45) is 5.67. The normalized spacial score (nSPS) is 16.5. The first-order valence-corrected chi connectivity index (χ1v) is 12.0. The van der Waals surface area contributed by atoms with Gasteiger partial charge >= 0.3 is 0 Å². The van der Waals surface area contributed by atoms with Gasteiger partial charge in [0.1, 0.15) is 5.75 Å². The highest BCUT2D eigenvalue weighted by molar-refractivity contribution is 5.96. The highest BCUT2D eigenvalue weighted by Gasteiger charge is 2.22. The molecule has 0 spiro atoms. The quantitative estimate of drug-likeness (QED) is 0.681. The lowest BCUT2D eigenvalue weighted by atomic mass is 10.0. The molecule has 1 aliphatic heterocycles. The maximum absolute atomic E-state index is 13.1. The highest BCUT2D eigenvalue weighted by atomic mass is 16.5. The number of ether oxygens (including phenoxy) is 1. The number of carbonyl (C=O) groups is 2. The molecule has 0 bridgehead atoms. The van der Waals surface area contributed by atoms with Crippen molar-refractivity contribution >= 4 is 11.8 Å². The van der Waals surface area contributed by atoms with Crippen LogP contribution in [-0.4, -0.2) is 49.0 Å². The van der Waals surface area contributed by atoms with E-state index in [2.05, 4.69) is 43.2 Å². The van der Waals surface area contributed by atoms with Gasteiger partial charge in [-0.25, -0.2) is 0 Å². The van der Waals surface area contributed by atoms with Crippen LogP contribution in [0.25, 0.3) is 0 Å². The summed E-state index contributed by atoms with van der Waals surface area (Å²) in [6, 6.07) is 5.87. The van der Waals surface area contributed by atoms with E-state index in [1.54, 1.807) is 0 Å². The number of benzene rings is 1. The second-order valence-corrected chi connectivity index (χ2v) is 8.92. The fourth-order valence-electron chi connectivity index (χ4n) is 3.78. The average molecular weight is 432 g/mol. The molecule has 1 aromatic rings. The average Bonchev–Trinajstić information content (AvgIpc) is 2.76. The number of hydrogen-bond acceptors (Lipinski definition) is 4. The van der Waals surface area contributed by atoms with Crippen molar-refractivity contribution in [2.24, 2.45) is 5.92 Å². The summed E-state index contributed by atoms with van der Waals surface area (Å²) in [7, 11) is 0. The van der Waals surface area contributed by atoms with Gasteiger partial charge in [-0.3, -0.25) is 14.5 Å². The van der Waals surface area contributed by atoms with Gasteiger partial charge in [-0.05, 0) is 63.1 Å². The Hall–Kier alpha value is -2.08. The Labute approximate surface area is 188 Å². The number of nitrogens with zero attached hydrogens (tertiary/aromatic N) is 1. The van der Waals surface area contributed by atoms with E-state index in [-0.39, 0.29) is 17.9 Å². The van der Waals surface area contributed by atoms with Gasteiger partial charge in [0.25, 0.3) is 5.91 Å². The number of carbonyl (C=O) groups excluding carboxylic acids is 2. The lowest BCUT2D eigenvalue weighted by Gasteiger charge is -2.25. The Kier molecular flexibility index (Phi) is 10.9. The van der Waals surface area contributed by atoms with E-state index in [9.17, 15) is 9.59 Å². The molecule has 2 rings (SSSR count). The molecule has 0 saturated carbocycles. The van der Waals surface area contributed by atoms with Crippen molar-refractivity contribution < 1.29 is 14.3 Å². The lowest BCUT2D eigenvalue weighted by Crippen LogP contribution is -2.39. The van der Waals surface area contributed by atoms with E-state index in [1.165, 1.54) is 0 Å². The monoisotopic (exact) mass is 431 g/mol. The summed E-state index contributed by atoms with van der Waals surface area (Å²) in [5.74, 6) is 1.28. The Morgan fingerprint density at radius 2 is 1.94 bits per heavy atom. The molecule has 6 nitrogen and oxygen atoms in total. The first kappa shape index (κ1) is 25.2. The zero-order valence-corrected chi connectivity index (χ0v) is 19.8. The molecule has 0 saturated heterocycles. The van der Waals surface area contributed by atoms with E-state index >= 15 is 0 Å². The number of amides is 2. The SMILES string of the molecule is CCC(CC)NC(=O)c1cccc2c1CN(CCC(C)C)CC(=O)NCCCCCO2. The standard InChI is InChI=1S/C25H41N3O3/c1-5-20(6-2)27-25(30)21-11-10-12-23-22(21)17-28(15-13-19(3)4)18-24(29)26-14-8-7-9-16-31-23/h10-12,19-20H,5-9,13-18H2,1-4H3,(H,26,29)(H,27,30). The Balaban J connectivity index is 2.36.